The van der Waals surface area contributed by atoms with E-state index >= 15 is 0 Å². The number of hydrogen-bond acceptors (Lipinski definition) is 3. The van der Waals surface area contributed by atoms with E-state index in [1.54, 1.807) is 31.2 Å². The van der Waals surface area contributed by atoms with Gasteiger partial charge in [0.15, 0.2) is 13.5 Å². The summed E-state index contributed by atoms with van der Waals surface area (Å²) < 4.78 is 23.0. The molecular formula is C11H14Br2O3S. The minimum Gasteiger partial charge on any atom is -0.386 e. The zero-order chi connectivity index (χ0) is 13.3. The van der Waals surface area contributed by atoms with Crippen LogP contribution in [0.2, 0.25) is 0 Å². The van der Waals surface area contributed by atoms with Gasteiger partial charge in [0.1, 0.15) is 6.10 Å². The molecule has 0 aliphatic carbocycles. The van der Waals surface area contributed by atoms with Crippen LogP contribution >= 0.6 is 31.9 Å². The van der Waals surface area contributed by atoms with E-state index < -0.39 is 19.6 Å². The predicted octanol–water partition coefficient (Wildman–Crippen LogP) is 3.03. The number of aliphatic hydroxyl groups excluding tert-OH is 1. The summed E-state index contributed by atoms with van der Waals surface area (Å²) in [7, 11) is -3.42. The van der Waals surface area contributed by atoms with Gasteiger partial charge < -0.3 is 5.11 Å². The maximum atomic E-state index is 11.7. The fraction of sp³-hybridized carbons (Fsp3) is 0.455. The van der Waals surface area contributed by atoms with Crippen molar-refractivity contribution in [3.05, 3.63) is 34.3 Å². The van der Waals surface area contributed by atoms with Gasteiger partial charge >= 0.3 is 0 Å². The van der Waals surface area contributed by atoms with E-state index in [0.717, 1.165) is 10.7 Å². The van der Waals surface area contributed by atoms with E-state index in [0.29, 0.717) is 5.56 Å². The van der Waals surface area contributed by atoms with E-state index in [2.05, 4.69) is 31.9 Å². The lowest BCUT2D eigenvalue weighted by atomic mass is 10.1. The second-order valence-electron chi connectivity index (χ2n) is 3.87. The van der Waals surface area contributed by atoms with Gasteiger partial charge in [-0.2, -0.15) is 0 Å². The molecule has 2 atom stereocenters. The Morgan fingerprint density at radius 1 is 1.35 bits per heavy atom. The Kier molecular flexibility index (Phi) is 4.80. The summed E-state index contributed by atoms with van der Waals surface area (Å²) in [6, 6.07) is 6.94. The van der Waals surface area contributed by atoms with Crippen LogP contribution in [0.3, 0.4) is 0 Å². The van der Waals surface area contributed by atoms with Crippen LogP contribution in [0.15, 0.2) is 28.7 Å². The summed E-state index contributed by atoms with van der Waals surface area (Å²) in [4.78, 5) is 0. The minimum absolute atomic E-state index is 0.281. The molecule has 0 fully saturated rings. The predicted molar refractivity (Wildman–Crippen MR) is 75.9 cm³/mol. The average Bonchev–Trinajstić information content (AvgIpc) is 2.26. The molecular weight excluding hydrogens is 372 g/mol. The van der Waals surface area contributed by atoms with E-state index in [4.69, 9.17) is 0 Å². The third kappa shape index (κ3) is 3.10. The first kappa shape index (κ1) is 15.1. The van der Waals surface area contributed by atoms with Crippen LogP contribution < -0.4 is 0 Å². The molecule has 0 aliphatic heterocycles. The van der Waals surface area contributed by atoms with Crippen LogP contribution in [0.5, 0.6) is 0 Å². The molecule has 3 nitrogen and oxygen atoms in total. The molecule has 1 aromatic rings. The normalized spacial score (nSPS) is 17.5. The quantitative estimate of drug-likeness (QED) is 0.810. The third-order valence-corrected chi connectivity index (χ3v) is 7.72. The fourth-order valence-electron chi connectivity index (χ4n) is 1.55. The lowest BCUT2D eigenvalue weighted by Crippen LogP contribution is -2.37. The number of halogens is 2. The molecule has 96 valence electrons. The summed E-state index contributed by atoms with van der Waals surface area (Å²) in [5.41, 5.74) is 0.567. The maximum Gasteiger partial charge on any atom is 0.166 e. The van der Waals surface area contributed by atoms with Crippen molar-refractivity contribution in [2.24, 2.45) is 0 Å². The molecule has 1 N–H and O–H groups in total. The summed E-state index contributed by atoms with van der Waals surface area (Å²) >= 11 is 6.47. The topological polar surface area (TPSA) is 54.4 Å². The van der Waals surface area contributed by atoms with Gasteiger partial charge in [0.2, 0.25) is 0 Å². The van der Waals surface area contributed by atoms with Crippen molar-refractivity contribution in [3.63, 3.8) is 0 Å². The molecule has 0 amide bonds. The molecule has 0 radical (unpaired) electrons. The van der Waals surface area contributed by atoms with Crippen LogP contribution in [0, 0.1) is 0 Å². The Balaban J connectivity index is 3.19. The Hall–Kier alpha value is 0.0900. The molecule has 0 spiro atoms. The van der Waals surface area contributed by atoms with Crippen molar-refractivity contribution < 1.29 is 13.5 Å². The highest BCUT2D eigenvalue weighted by Crippen LogP contribution is 2.41. The van der Waals surface area contributed by atoms with Crippen molar-refractivity contribution >= 4 is 41.7 Å². The van der Waals surface area contributed by atoms with E-state index in [-0.39, 0.29) is 6.42 Å². The van der Waals surface area contributed by atoms with Crippen molar-refractivity contribution in [1.82, 2.24) is 0 Å². The Labute approximate surface area is 118 Å². The zero-order valence-corrected chi connectivity index (χ0v) is 13.5. The summed E-state index contributed by atoms with van der Waals surface area (Å²) in [6.45, 7) is 1.72. The van der Waals surface area contributed by atoms with Crippen LogP contribution in [-0.4, -0.2) is 23.4 Å². The van der Waals surface area contributed by atoms with Crippen molar-refractivity contribution in [2.45, 2.75) is 23.1 Å². The van der Waals surface area contributed by atoms with Gasteiger partial charge in [-0.3, -0.25) is 0 Å². The third-order valence-electron chi connectivity index (χ3n) is 2.69. The molecule has 0 heterocycles. The molecule has 0 bridgehead atoms. The highest BCUT2D eigenvalue weighted by atomic mass is 79.9. The van der Waals surface area contributed by atoms with Gasteiger partial charge in [0, 0.05) is 10.7 Å². The van der Waals surface area contributed by atoms with Crippen molar-refractivity contribution in [1.29, 1.82) is 0 Å². The molecule has 1 aromatic carbocycles. The first-order valence-electron chi connectivity index (χ1n) is 5.04. The van der Waals surface area contributed by atoms with Crippen LogP contribution in [0.4, 0.5) is 0 Å². The van der Waals surface area contributed by atoms with E-state index in [1.807, 2.05) is 0 Å². The molecule has 0 saturated carbocycles. The maximum absolute atomic E-state index is 11.7. The Morgan fingerprint density at radius 2 is 1.82 bits per heavy atom. The van der Waals surface area contributed by atoms with Crippen LogP contribution in [0.25, 0.3) is 0 Å². The monoisotopic (exact) mass is 384 g/mol. The standard InChI is InChI=1S/C11H14Br2O3S/c1-3-11(13,17(2,15)16)10(14)8-4-6-9(12)7-5-8/h4-7,10,14H,3H2,1-2H3/t10-,11-/m0/s1. The van der Waals surface area contributed by atoms with E-state index in [9.17, 15) is 13.5 Å². The molecule has 0 aromatic heterocycles. The fourth-order valence-corrected chi connectivity index (χ4v) is 3.15. The smallest absolute Gasteiger partial charge is 0.166 e. The number of sulfone groups is 1. The lowest BCUT2D eigenvalue weighted by Gasteiger charge is -2.29. The highest BCUT2D eigenvalue weighted by Gasteiger charge is 2.44. The number of hydrogen-bond donors (Lipinski definition) is 1. The Morgan fingerprint density at radius 3 is 2.18 bits per heavy atom. The molecule has 1 rings (SSSR count). The van der Waals surface area contributed by atoms with Crippen LogP contribution in [-0.2, 0) is 9.84 Å². The van der Waals surface area contributed by atoms with Gasteiger partial charge in [0.25, 0.3) is 0 Å². The number of alkyl halides is 1. The zero-order valence-electron chi connectivity index (χ0n) is 9.52. The van der Waals surface area contributed by atoms with Gasteiger partial charge in [0.05, 0.1) is 0 Å². The van der Waals surface area contributed by atoms with Crippen molar-refractivity contribution in [2.75, 3.05) is 6.26 Å². The van der Waals surface area contributed by atoms with Gasteiger partial charge in [-0.25, -0.2) is 8.42 Å². The first-order valence-corrected chi connectivity index (χ1v) is 8.52. The van der Waals surface area contributed by atoms with Crippen LogP contribution in [0.1, 0.15) is 25.0 Å². The van der Waals surface area contributed by atoms with Gasteiger partial charge in [-0.1, -0.05) is 50.9 Å². The number of benzene rings is 1. The number of aliphatic hydroxyl groups is 1. The Bertz CT molecular complexity index is 484. The molecule has 6 heteroatoms. The summed E-state index contributed by atoms with van der Waals surface area (Å²) in [6.07, 6.45) is 0.298. The van der Waals surface area contributed by atoms with Crippen molar-refractivity contribution in [3.8, 4) is 0 Å². The molecule has 0 unspecified atom stereocenters. The highest BCUT2D eigenvalue weighted by molar-refractivity contribution is 9.11. The average molecular weight is 386 g/mol. The lowest BCUT2D eigenvalue weighted by molar-refractivity contribution is 0.160. The first-order chi connectivity index (χ1) is 7.72. The SMILES string of the molecule is CC[C@@](Br)([C@@H](O)c1ccc(Br)cc1)S(C)(=O)=O. The van der Waals surface area contributed by atoms with Gasteiger partial charge in [-0.15, -0.1) is 0 Å². The largest absolute Gasteiger partial charge is 0.386 e. The molecule has 17 heavy (non-hydrogen) atoms. The molecule has 0 saturated heterocycles. The summed E-state index contributed by atoms with van der Waals surface area (Å²) in [5.74, 6) is 0. The second kappa shape index (κ2) is 5.38. The number of rotatable bonds is 4. The molecule has 0 aliphatic rings. The minimum atomic E-state index is -3.42. The second-order valence-corrected chi connectivity index (χ2v) is 8.99. The van der Waals surface area contributed by atoms with Gasteiger partial charge in [-0.05, 0) is 24.1 Å². The summed E-state index contributed by atoms with van der Waals surface area (Å²) in [5, 5.41) is 10.2. The van der Waals surface area contributed by atoms with E-state index in [1.165, 1.54) is 0 Å².